The molecule has 0 bridgehead atoms. The molecular formula is C15H15ClN2O. The van der Waals surface area contributed by atoms with Gasteiger partial charge in [0.15, 0.2) is 0 Å². The third-order valence-electron chi connectivity index (χ3n) is 2.80. The lowest BCUT2D eigenvalue weighted by atomic mass is 10.1. The van der Waals surface area contributed by atoms with Crippen molar-refractivity contribution in [2.45, 2.75) is 13.8 Å². The summed E-state index contributed by atoms with van der Waals surface area (Å²) in [5.74, 6) is 1.10. The Hall–Kier alpha value is -2.00. The minimum Gasteiger partial charge on any atom is -0.455 e. The first-order valence-corrected chi connectivity index (χ1v) is 6.25. The number of aryl methyl sites for hydroxylation is 2. The second-order valence-corrected chi connectivity index (χ2v) is 4.81. The topological polar surface area (TPSA) is 59.1 Å². The van der Waals surface area contributed by atoms with Crippen molar-refractivity contribution in [3.05, 3.63) is 58.1 Å². The molecule has 0 saturated heterocycles. The molecule has 0 amide bonds. The molecule has 2 rings (SSSR count). The van der Waals surface area contributed by atoms with E-state index in [9.17, 15) is 0 Å². The molecule has 2 aromatic carbocycles. The second kappa shape index (κ2) is 5.33. The van der Waals surface area contributed by atoms with E-state index in [1.165, 1.54) is 0 Å². The van der Waals surface area contributed by atoms with Crippen LogP contribution in [-0.2, 0) is 0 Å². The minimum atomic E-state index is -0.0260. The molecule has 19 heavy (non-hydrogen) atoms. The summed E-state index contributed by atoms with van der Waals surface area (Å²) in [6.45, 7) is 3.87. The van der Waals surface area contributed by atoms with E-state index in [-0.39, 0.29) is 5.84 Å². The average Bonchev–Trinajstić information content (AvgIpc) is 2.34. The molecule has 0 spiro atoms. The first-order chi connectivity index (χ1) is 8.99. The van der Waals surface area contributed by atoms with Crippen molar-refractivity contribution in [1.82, 2.24) is 0 Å². The van der Waals surface area contributed by atoms with Crippen LogP contribution in [0.15, 0.2) is 36.4 Å². The number of nitrogen functional groups attached to an aromatic ring is 1. The van der Waals surface area contributed by atoms with E-state index in [2.05, 4.69) is 0 Å². The Morgan fingerprint density at radius 2 is 1.95 bits per heavy atom. The van der Waals surface area contributed by atoms with Crippen LogP contribution in [-0.4, -0.2) is 5.84 Å². The molecule has 0 aromatic heterocycles. The summed E-state index contributed by atoms with van der Waals surface area (Å²) in [7, 11) is 0. The smallest absolute Gasteiger partial charge is 0.146 e. The van der Waals surface area contributed by atoms with Gasteiger partial charge >= 0.3 is 0 Å². The zero-order chi connectivity index (χ0) is 14.0. The fourth-order valence-electron chi connectivity index (χ4n) is 1.80. The number of rotatable bonds is 3. The highest BCUT2D eigenvalue weighted by atomic mass is 35.5. The Morgan fingerprint density at radius 1 is 1.21 bits per heavy atom. The van der Waals surface area contributed by atoms with Crippen LogP contribution in [0.2, 0.25) is 5.02 Å². The SMILES string of the molecule is Cc1ccc(Oc2c(C)cccc2C(=N)N)c(Cl)c1. The number of halogens is 1. The van der Waals surface area contributed by atoms with Crippen LogP contribution >= 0.6 is 11.6 Å². The second-order valence-electron chi connectivity index (χ2n) is 4.40. The summed E-state index contributed by atoms with van der Waals surface area (Å²) in [4.78, 5) is 0. The van der Waals surface area contributed by atoms with E-state index in [4.69, 9.17) is 27.5 Å². The van der Waals surface area contributed by atoms with Gasteiger partial charge in [-0.25, -0.2) is 0 Å². The van der Waals surface area contributed by atoms with Gasteiger partial charge in [0.05, 0.1) is 10.6 Å². The third kappa shape index (κ3) is 2.88. The summed E-state index contributed by atoms with van der Waals surface area (Å²) in [5.41, 5.74) is 8.11. The van der Waals surface area contributed by atoms with Crippen molar-refractivity contribution >= 4 is 17.4 Å². The van der Waals surface area contributed by atoms with Gasteiger partial charge in [-0.05, 0) is 43.2 Å². The molecule has 0 fully saturated rings. The van der Waals surface area contributed by atoms with Gasteiger partial charge in [0, 0.05) is 0 Å². The lowest BCUT2D eigenvalue weighted by Gasteiger charge is -2.14. The van der Waals surface area contributed by atoms with Gasteiger partial charge in [-0.1, -0.05) is 29.8 Å². The zero-order valence-corrected chi connectivity index (χ0v) is 11.6. The van der Waals surface area contributed by atoms with Gasteiger partial charge in [-0.2, -0.15) is 0 Å². The normalized spacial score (nSPS) is 10.3. The van der Waals surface area contributed by atoms with Crippen LogP contribution in [0.4, 0.5) is 0 Å². The summed E-state index contributed by atoms with van der Waals surface area (Å²) < 4.78 is 5.83. The van der Waals surface area contributed by atoms with Crippen LogP contribution in [0.3, 0.4) is 0 Å². The van der Waals surface area contributed by atoms with Crippen LogP contribution in [0.5, 0.6) is 11.5 Å². The third-order valence-corrected chi connectivity index (χ3v) is 3.10. The van der Waals surface area contributed by atoms with Crippen molar-refractivity contribution in [1.29, 1.82) is 5.41 Å². The largest absolute Gasteiger partial charge is 0.455 e. The monoisotopic (exact) mass is 274 g/mol. The highest BCUT2D eigenvalue weighted by Gasteiger charge is 2.12. The maximum atomic E-state index is 7.59. The van der Waals surface area contributed by atoms with Crippen molar-refractivity contribution < 1.29 is 4.74 Å². The Kier molecular flexibility index (Phi) is 3.76. The van der Waals surface area contributed by atoms with Crippen LogP contribution in [0.25, 0.3) is 0 Å². The van der Waals surface area contributed by atoms with Crippen molar-refractivity contribution in [2.24, 2.45) is 5.73 Å². The van der Waals surface area contributed by atoms with Crippen LogP contribution in [0, 0.1) is 19.3 Å². The number of nitrogens with two attached hydrogens (primary N) is 1. The molecule has 0 aliphatic rings. The van der Waals surface area contributed by atoms with Gasteiger partial charge in [-0.3, -0.25) is 5.41 Å². The zero-order valence-electron chi connectivity index (χ0n) is 10.8. The quantitative estimate of drug-likeness (QED) is 0.656. The molecule has 4 heteroatoms. The molecule has 0 saturated carbocycles. The minimum absolute atomic E-state index is 0.0260. The number of hydrogen-bond acceptors (Lipinski definition) is 2. The first-order valence-electron chi connectivity index (χ1n) is 5.87. The van der Waals surface area contributed by atoms with E-state index in [0.29, 0.717) is 22.1 Å². The van der Waals surface area contributed by atoms with Gasteiger partial charge in [0.2, 0.25) is 0 Å². The van der Waals surface area contributed by atoms with E-state index in [1.807, 2.05) is 44.2 Å². The molecule has 98 valence electrons. The fourth-order valence-corrected chi connectivity index (χ4v) is 2.07. The van der Waals surface area contributed by atoms with E-state index in [1.54, 1.807) is 6.07 Å². The van der Waals surface area contributed by atoms with E-state index in [0.717, 1.165) is 11.1 Å². The Labute approximate surface area is 117 Å². The lowest BCUT2D eigenvalue weighted by molar-refractivity contribution is 0.478. The number of nitrogens with one attached hydrogen (secondary N) is 1. The molecule has 0 unspecified atom stereocenters. The molecule has 2 aromatic rings. The lowest BCUT2D eigenvalue weighted by Crippen LogP contribution is -2.12. The molecule has 3 nitrogen and oxygen atoms in total. The van der Waals surface area contributed by atoms with E-state index >= 15 is 0 Å². The van der Waals surface area contributed by atoms with Crippen molar-refractivity contribution in [2.75, 3.05) is 0 Å². The predicted octanol–water partition coefficient (Wildman–Crippen LogP) is 4.03. The van der Waals surface area contributed by atoms with Crippen molar-refractivity contribution in [3.8, 4) is 11.5 Å². The number of para-hydroxylation sites is 1. The average molecular weight is 275 g/mol. The predicted molar refractivity (Wildman–Crippen MR) is 78.5 cm³/mol. The highest BCUT2D eigenvalue weighted by Crippen LogP contribution is 2.33. The molecule has 0 atom stereocenters. The fraction of sp³-hybridized carbons (Fsp3) is 0.133. The van der Waals surface area contributed by atoms with Gasteiger partial charge < -0.3 is 10.5 Å². The molecule has 0 aliphatic heterocycles. The summed E-state index contributed by atoms with van der Waals surface area (Å²) >= 11 is 6.15. The molecule has 0 radical (unpaired) electrons. The molecule has 3 N–H and O–H groups in total. The van der Waals surface area contributed by atoms with Crippen LogP contribution in [0.1, 0.15) is 16.7 Å². The molecule has 0 aliphatic carbocycles. The highest BCUT2D eigenvalue weighted by molar-refractivity contribution is 6.32. The Balaban J connectivity index is 2.46. The maximum Gasteiger partial charge on any atom is 0.146 e. The number of benzene rings is 2. The summed E-state index contributed by atoms with van der Waals surface area (Å²) in [6.07, 6.45) is 0. The van der Waals surface area contributed by atoms with Gasteiger partial charge in [0.1, 0.15) is 17.3 Å². The van der Waals surface area contributed by atoms with Gasteiger partial charge in [-0.15, -0.1) is 0 Å². The standard InChI is InChI=1S/C15H15ClN2O/c1-9-6-7-13(12(16)8-9)19-14-10(2)4-3-5-11(14)15(17)18/h3-8H,1-2H3,(H3,17,18). The Bertz CT molecular complexity index is 638. The number of ether oxygens (including phenoxy) is 1. The number of hydrogen-bond donors (Lipinski definition) is 2. The Morgan fingerprint density at radius 3 is 2.58 bits per heavy atom. The summed E-state index contributed by atoms with van der Waals surface area (Å²) in [5, 5.41) is 8.13. The molecular weight excluding hydrogens is 260 g/mol. The summed E-state index contributed by atoms with van der Waals surface area (Å²) in [6, 6.07) is 11.1. The van der Waals surface area contributed by atoms with Crippen LogP contribution < -0.4 is 10.5 Å². The molecule has 0 heterocycles. The van der Waals surface area contributed by atoms with E-state index < -0.39 is 0 Å². The van der Waals surface area contributed by atoms with Crippen molar-refractivity contribution in [3.63, 3.8) is 0 Å². The number of amidine groups is 1. The van der Waals surface area contributed by atoms with Gasteiger partial charge in [0.25, 0.3) is 0 Å². The maximum absolute atomic E-state index is 7.59. The first kappa shape index (κ1) is 13.4.